The first-order chi connectivity index (χ1) is 30.3. The summed E-state index contributed by atoms with van der Waals surface area (Å²) in [6.07, 6.45) is -14.3. The van der Waals surface area contributed by atoms with E-state index >= 15 is 0 Å². The number of alkyl halides is 18. The summed E-state index contributed by atoms with van der Waals surface area (Å²) in [5.74, 6) is -27.9. The summed E-state index contributed by atoms with van der Waals surface area (Å²) in [6.45, 7) is 0. The lowest BCUT2D eigenvalue weighted by Crippen LogP contribution is -2.63. The minimum Gasteiger partial charge on any atom is -0.743 e. The maximum absolute atomic E-state index is 12.2. The van der Waals surface area contributed by atoms with Crippen molar-refractivity contribution in [3.05, 3.63) is 137 Å². The smallest absolute Gasteiger partial charge is 0.460 e. The summed E-state index contributed by atoms with van der Waals surface area (Å²) >= 11 is 2.38. The van der Waals surface area contributed by atoms with Crippen LogP contribution in [0.2, 0.25) is 0 Å². The Morgan fingerprint density at radius 2 is 0.776 bits per heavy atom. The van der Waals surface area contributed by atoms with Crippen molar-refractivity contribution in [2.24, 2.45) is 0 Å². The molecule has 0 spiro atoms. The number of ether oxygens (including phenoxy) is 1. The summed E-state index contributed by atoms with van der Waals surface area (Å²) in [4.78, 5) is 3.89. The van der Waals surface area contributed by atoms with Gasteiger partial charge in [0.05, 0.1) is 10.9 Å². The zero-order valence-corrected chi connectivity index (χ0v) is 36.6. The third-order valence-corrected chi connectivity index (χ3v) is 13.1. The van der Waals surface area contributed by atoms with Crippen molar-refractivity contribution in [3.8, 4) is 22.6 Å². The number of benzene rings is 5. The molecule has 0 aliphatic carbocycles. The molecule has 1 N–H and O–H groups in total. The van der Waals surface area contributed by atoms with Gasteiger partial charge in [-0.2, -0.15) is 87.4 Å². The fourth-order valence-electron chi connectivity index (χ4n) is 4.74. The zero-order chi connectivity index (χ0) is 51.5. The average molecular weight is 1160 g/mol. The first-order valence-electron chi connectivity index (χ1n) is 17.1. The second kappa shape index (κ2) is 20.2. The van der Waals surface area contributed by atoms with Gasteiger partial charge < -0.3 is 9.29 Å². The van der Waals surface area contributed by atoms with Gasteiger partial charge in [-0.05, 0) is 100 Å². The molecule has 0 heterocycles. The molecule has 0 bridgehead atoms. The third-order valence-electron chi connectivity index (χ3n) is 8.16. The van der Waals surface area contributed by atoms with Gasteiger partial charge in [-0.15, -0.1) is 0 Å². The van der Waals surface area contributed by atoms with E-state index in [1.807, 2.05) is 12.1 Å². The monoisotopic (exact) mass is 1160 g/mol. The predicted octanol–water partition coefficient (Wildman–Crippen LogP) is 13.1. The van der Waals surface area contributed by atoms with Gasteiger partial charge in [0, 0.05) is 3.57 Å². The van der Waals surface area contributed by atoms with E-state index in [2.05, 4.69) is 144 Å². The summed E-state index contributed by atoms with van der Waals surface area (Å²) < 4.78 is 277. The van der Waals surface area contributed by atoms with Crippen LogP contribution in [-0.2, 0) is 31.1 Å². The quantitative estimate of drug-likeness (QED) is 0.0572. The first-order valence-corrected chi connectivity index (χ1v) is 22.2. The van der Waals surface area contributed by atoms with Crippen LogP contribution in [0.4, 0.5) is 79.0 Å². The molecule has 5 rings (SSSR count). The Kier molecular flexibility index (Phi) is 17.2. The Balaban J connectivity index is 0.000000298. The van der Waals surface area contributed by atoms with E-state index in [-0.39, 0.29) is 10.9 Å². The van der Waals surface area contributed by atoms with Crippen molar-refractivity contribution in [2.75, 3.05) is 0 Å². The maximum atomic E-state index is 12.2. The highest BCUT2D eigenvalue weighted by molar-refractivity contribution is 14.1. The lowest BCUT2D eigenvalue weighted by Gasteiger charge is -2.34. The molecule has 0 atom stereocenters. The normalized spacial score (nSPS) is 13.5. The van der Waals surface area contributed by atoms with E-state index in [4.69, 9.17) is 9.29 Å². The van der Waals surface area contributed by atoms with Crippen molar-refractivity contribution in [2.45, 2.75) is 61.2 Å². The standard InChI is InChI=1S/C30H22IOS.2C4HF9O3S/c31-30-14-8-7-13-29(30)23-15-17-24(18-16-23)32-25-19-21-28(22-20-25)33(26-9-3-1-4-10-26)27-11-5-2-6-12-27;2*5-1(6,3(9,10)11)2(7,8)4(12,13)17(14,15)16/h1-22H;2*(H,14,15,16)/q+1;;/p-1. The Bertz CT molecular complexity index is 2540. The van der Waals surface area contributed by atoms with Crippen molar-refractivity contribution in [3.63, 3.8) is 0 Å². The molecule has 67 heavy (non-hydrogen) atoms. The van der Waals surface area contributed by atoms with Crippen LogP contribution in [0.25, 0.3) is 11.1 Å². The second-order valence-electron chi connectivity index (χ2n) is 12.8. The summed E-state index contributed by atoms with van der Waals surface area (Å²) in [6, 6.07) is 46.6. The Labute approximate surface area is 382 Å². The van der Waals surface area contributed by atoms with Crippen molar-refractivity contribution >= 4 is 53.7 Å². The van der Waals surface area contributed by atoms with Crippen LogP contribution in [0, 0.1) is 3.57 Å². The summed E-state index contributed by atoms with van der Waals surface area (Å²) in [5.41, 5.74) is 2.43. The molecular weight excluding hydrogens is 1130 g/mol. The number of rotatable bonds is 12. The maximum Gasteiger partial charge on any atom is 0.460 e. The van der Waals surface area contributed by atoms with Crippen molar-refractivity contribution in [1.29, 1.82) is 0 Å². The minimum atomic E-state index is -7.43. The van der Waals surface area contributed by atoms with Gasteiger partial charge in [0.1, 0.15) is 11.5 Å². The van der Waals surface area contributed by atoms with Crippen molar-refractivity contribution < 1.29 is 110 Å². The molecule has 0 saturated heterocycles. The molecule has 0 saturated carbocycles. The lowest BCUT2D eigenvalue weighted by atomic mass is 10.1. The molecule has 0 amide bonds. The van der Waals surface area contributed by atoms with E-state index in [9.17, 15) is 100 Å². The second-order valence-corrected chi connectivity index (χ2v) is 18.8. The van der Waals surface area contributed by atoms with Crippen LogP contribution >= 0.6 is 22.6 Å². The molecule has 0 unspecified atom stereocenters. The molecule has 5 aromatic carbocycles. The van der Waals surface area contributed by atoms with Gasteiger partial charge in [0.15, 0.2) is 24.8 Å². The van der Waals surface area contributed by atoms with Crippen LogP contribution in [-0.4, -0.2) is 72.5 Å². The van der Waals surface area contributed by atoms with Crippen LogP contribution in [0.5, 0.6) is 11.5 Å². The van der Waals surface area contributed by atoms with Gasteiger partial charge >= 0.3 is 56.7 Å². The molecule has 0 radical (unpaired) electrons. The van der Waals surface area contributed by atoms with E-state index in [0.717, 1.165) is 11.5 Å². The van der Waals surface area contributed by atoms with Crippen LogP contribution < -0.4 is 4.74 Å². The molecule has 0 fully saturated rings. The molecule has 29 heteroatoms. The molecule has 0 aromatic heterocycles. The van der Waals surface area contributed by atoms with Gasteiger partial charge in [-0.3, -0.25) is 4.55 Å². The highest BCUT2D eigenvalue weighted by atomic mass is 127. The van der Waals surface area contributed by atoms with Crippen LogP contribution in [0.1, 0.15) is 0 Å². The van der Waals surface area contributed by atoms with Crippen molar-refractivity contribution in [1.82, 2.24) is 0 Å². The van der Waals surface area contributed by atoms with Gasteiger partial charge in [-0.1, -0.05) is 66.7 Å². The van der Waals surface area contributed by atoms with Crippen LogP contribution in [0.3, 0.4) is 0 Å². The Morgan fingerprint density at radius 3 is 1.12 bits per heavy atom. The molecule has 5 aromatic rings. The fourth-order valence-corrected chi connectivity index (χ4v) is 8.42. The summed E-state index contributed by atoms with van der Waals surface area (Å²) in [7, 11) is -14.7. The number of hydrogen-bond donors (Lipinski definition) is 1. The molecule has 368 valence electrons. The number of halogens is 19. The van der Waals surface area contributed by atoms with Gasteiger partial charge in [-0.25, -0.2) is 8.42 Å². The predicted molar refractivity (Wildman–Crippen MR) is 209 cm³/mol. The average Bonchev–Trinajstić information content (AvgIpc) is 3.21. The molecular formula is C38H23F18IO7S3. The van der Waals surface area contributed by atoms with Crippen LogP contribution in [0.15, 0.2) is 148 Å². The van der Waals surface area contributed by atoms with Gasteiger partial charge in [0.2, 0.25) is 0 Å². The minimum absolute atomic E-state index is 0.152. The largest absolute Gasteiger partial charge is 0.743 e. The van der Waals surface area contributed by atoms with E-state index in [1.165, 1.54) is 29.4 Å². The lowest BCUT2D eigenvalue weighted by molar-refractivity contribution is -0.382. The molecule has 0 aliphatic heterocycles. The molecule has 0 aliphatic rings. The first kappa shape index (κ1) is 56.9. The van der Waals surface area contributed by atoms with E-state index < -0.39 is 66.8 Å². The van der Waals surface area contributed by atoms with Gasteiger partial charge in [0.25, 0.3) is 0 Å². The zero-order valence-electron chi connectivity index (χ0n) is 32.0. The van der Waals surface area contributed by atoms with E-state index in [0.29, 0.717) is 0 Å². The number of hydrogen-bond acceptors (Lipinski definition) is 6. The highest BCUT2D eigenvalue weighted by Crippen LogP contribution is 2.55. The third kappa shape index (κ3) is 12.1. The highest BCUT2D eigenvalue weighted by Gasteiger charge is 2.86. The SMILES string of the molecule is Ic1ccccc1-c1ccc(Oc2ccc([S+](c3ccccc3)c3ccccc3)cc2)cc1.O=S(=O)(O)C(F)(F)C(F)(F)C(F)(F)C(F)(F)F.O=S(=O)([O-])C(F)(F)C(F)(F)C(F)(F)C(F)(F)F. The molecule has 7 nitrogen and oxygen atoms in total. The fraction of sp³-hybridized carbons (Fsp3) is 0.211. The summed E-state index contributed by atoms with van der Waals surface area (Å²) in [5, 5.41) is -14.1. The topological polar surface area (TPSA) is 121 Å². The Morgan fingerprint density at radius 1 is 0.448 bits per heavy atom. The Hall–Kier alpha value is -4.46. The van der Waals surface area contributed by atoms with E-state index in [1.54, 1.807) is 0 Å².